The lowest BCUT2D eigenvalue weighted by molar-refractivity contribution is -0.00596. The molecule has 5 heteroatoms. The summed E-state index contributed by atoms with van der Waals surface area (Å²) in [4.78, 5) is 2.91. The molecular weight excluding hydrogens is 350 g/mol. The Morgan fingerprint density at radius 1 is 0.920 bits per heavy atom. The molecule has 2 heterocycles. The fourth-order valence-corrected chi connectivity index (χ4v) is 5.63. The van der Waals surface area contributed by atoms with Gasteiger partial charge in [0, 0.05) is 34.9 Å². The van der Waals surface area contributed by atoms with Crippen LogP contribution in [0.1, 0.15) is 57.8 Å². The lowest BCUT2D eigenvalue weighted by Crippen LogP contribution is -2.59. The number of piperidine rings is 2. The van der Waals surface area contributed by atoms with Gasteiger partial charge in [0.05, 0.1) is 0 Å². The Balaban J connectivity index is 1.34. The second-order valence-corrected chi connectivity index (χ2v) is 8.74. The molecular formula is C20H28ClN3S. The van der Waals surface area contributed by atoms with Crippen LogP contribution < -0.4 is 10.6 Å². The van der Waals surface area contributed by atoms with Crippen molar-refractivity contribution in [1.82, 2.24) is 10.2 Å². The quantitative estimate of drug-likeness (QED) is 0.728. The highest BCUT2D eigenvalue weighted by molar-refractivity contribution is 7.80. The fourth-order valence-electron chi connectivity index (χ4n) is 5.22. The first-order valence-corrected chi connectivity index (χ1v) is 10.6. The monoisotopic (exact) mass is 377 g/mol. The van der Waals surface area contributed by atoms with Crippen molar-refractivity contribution in [3.63, 3.8) is 0 Å². The van der Waals surface area contributed by atoms with Crippen LogP contribution in [0, 0.1) is 0 Å². The fraction of sp³-hybridized carbons (Fsp3) is 0.650. The second-order valence-electron chi connectivity index (χ2n) is 7.90. The van der Waals surface area contributed by atoms with E-state index in [1.165, 1.54) is 57.8 Å². The molecule has 3 fully saturated rings. The number of rotatable bonds is 3. The van der Waals surface area contributed by atoms with Gasteiger partial charge < -0.3 is 10.6 Å². The molecule has 0 unspecified atom stereocenters. The van der Waals surface area contributed by atoms with Gasteiger partial charge in [0.15, 0.2) is 5.11 Å². The molecule has 1 aliphatic carbocycles. The zero-order valence-electron chi connectivity index (χ0n) is 14.7. The van der Waals surface area contributed by atoms with Crippen LogP contribution in [0.4, 0.5) is 5.69 Å². The molecule has 1 aromatic rings. The first-order chi connectivity index (χ1) is 12.2. The van der Waals surface area contributed by atoms with Crippen LogP contribution in [0.5, 0.6) is 0 Å². The van der Waals surface area contributed by atoms with Gasteiger partial charge in [-0.05, 0) is 75.0 Å². The summed E-state index contributed by atoms with van der Waals surface area (Å²) >= 11 is 11.5. The molecule has 2 N–H and O–H groups in total. The molecule has 4 rings (SSSR count). The lowest BCUT2D eigenvalue weighted by atomic mass is 9.80. The number of halogens is 1. The number of anilines is 1. The van der Waals surface area contributed by atoms with Crippen LogP contribution in [0.3, 0.4) is 0 Å². The molecule has 3 aliphatic rings. The summed E-state index contributed by atoms with van der Waals surface area (Å²) in [5, 5.41) is 8.36. The minimum Gasteiger partial charge on any atom is -0.360 e. The normalized spacial score (nSPS) is 30.2. The lowest BCUT2D eigenvalue weighted by Gasteiger charge is -2.52. The van der Waals surface area contributed by atoms with Crippen LogP contribution in [-0.2, 0) is 0 Å². The SMILES string of the molecule is S=C(Nc1ccc(Cl)cc1)NC1C[C@@H]2CCC[C@@H](C1)N2C1CCCC1. The van der Waals surface area contributed by atoms with Crippen molar-refractivity contribution < 1.29 is 0 Å². The largest absolute Gasteiger partial charge is 0.360 e. The van der Waals surface area contributed by atoms with E-state index in [1.54, 1.807) is 0 Å². The average molecular weight is 378 g/mol. The van der Waals surface area contributed by atoms with E-state index in [0.29, 0.717) is 6.04 Å². The number of nitrogens with one attached hydrogen (secondary N) is 2. The van der Waals surface area contributed by atoms with Gasteiger partial charge in [-0.3, -0.25) is 4.90 Å². The van der Waals surface area contributed by atoms with Gasteiger partial charge in [0.1, 0.15) is 0 Å². The van der Waals surface area contributed by atoms with Crippen molar-refractivity contribution in [2.75, 3.05) is 5.32 Å². The van der Waals surface area contributed by atoms with Gasteiger partial charge in [0.2, 0.25) is 0 Å². The molecule has 0 amide bonds. The summed E-state index contributed by atoms with van der Waals surface area (Å²) in [5.41, 5.74) is 0.991. The standard InChI is InChI=1S/C20H28ClN3S/c21-14-8-10-15(11-9-14)22-20(25)23-16-12-18-6-3-7-19(13-16)24(18)17-4-1-2-5-17/h8-11,16-19H,1-7,12-13H2,(H2,22,23,25)/t18-,19-/m0/s1. The third kappa shape index (κ3) is 4.12. The highest BCUT2D eigenvalue weighted by Gasteiger charge is 2.42. The second kappa shape index (κ2) is 7.81. The molecule has 136 valence electrons. The molecule has 0 spiro atoms. The van der Waals surface area contributed by atoms with E-state index in [0.717, 1.165) is 33.9 Å². The van der Waals surface area contributed by atoms with Gasteiger partial charge in [-0.25, -0.2) is 0 Å². The van der Waals surface area contributed by atoms with Gasteiger partial charge >= 0.3 is 0 Å². The molecule has 2 aliphatic heterocycles. The van der Waals surface area contributed by atoms with E-state index < -0.39 is 0 Å². The molecule has 25 heavy (non-hydrogen) atoms. The topological polar surface area (TPSA) is 27.3 Å². The Morgan fingerprint density at radius 2 is 1.52 bits per heavy atom. The van der Waals surface area contributed by atoms with Crippen molar-refractivity contribution in [1.29, 1.82) is 0 Å². The summed E-state index contributed by atoms with van der Waals surface area (Å²) in [6.45, 7) is 0. The highest BCUT2D eigenvalue weighted by Crippen LogP contribution is 2.39. The van der Waals surface area contributed by atoms with E-state index in [4.69, 9.17) is 23.8 Å². The molecule has 2 atom stereocenters. The van der Waals surface area contributed by atoms with E-state index in [-0.39, 0.29) is 0 Å². The van der Waals surface area contributed by atoms with Gasteiger partial charge in [-0.2, -0.15) is 0 Å². The number of thiocarbonyl (C=S) groups is 1. The minimum absolute atomic E-state index is 0.500. The summed E-state index contributed by atoms with van der Waals surface area (Å²) in [7, 11) is 0. The zero-order valence-corrected chi connectivity index (χ0v) is 16.3. The Bertz CT molecular complexity index is 585. The molecule has 3 nitrogen and oxygen atoms in total. The Morgan fingerprint density at radius 3 is 2.16 bits per heavy atom. The third-order valence-electron chi connectivity index (χ3n) is 6.21. The number of nitrogens with zero attached hydrogens (tertiary/aromatic N) is 1. The smallest absolute Gasteiger partial charge is 0.170 e. The van der Waals surface area contributed by atoms with E-state index in [9.17, 15) is 0 Å². The van der Waals surface area contributed by atoms with Crippen molar-refractivity contribution in [3.8, 4) is 0 Å². The third-order valence-corrected chi connectivity index (χ3v) is 6.69. The number of hydrogen-bond donors (Lipinski definition) is 2. The Labute approximate surface area is 161 Å². The Kier molecular flexibility index (Phi) is 5.49. The van der Waals surface area contributed by atoms with E-state index in [1.807, 2.05) is 24.3 Å². The van der Waals surface area contributed by atoms with Crippen molar-refractivity contribution in [3.05, 3.63) is 29.3 Å². The highest BCUT2D eigenvalue weighted by atomic mass is 35.5. The molecule has 1 aromatic carbocycles. The maximum Gasteiger partial charge on any atom is 0.170 e. The van der Waals surface area contributed by atoms with Crippen molar-refractivity contribution in [2.24, 2.45) is 0 Å². The van der Waals surface area contributed by atoms with Crippen LogP contribution in [0.25, 0.3) is 0 Å². The zero-order chi connectivity index (χ0) is 17.2. The molecule has 1 saturated carbocycles. The number of fused-ring (bicyclic) bond motifs is 2. The van der Waals surface area contributed by atoms with Crippen LogP contribution in [0.2, 0.25) is 5.02 Å². The maximum absolute atomic E-state index is 5.94. The molecule has 2 bridgehead atoms. The average Bonchev–Trinajstić information content (AvgIpc) is 3.10. The molecule has 2 saturated heterocycles. The van der Waals surface area contributed by atoms with E-state index in [2.05, 4.69) is 15.5 Å². The summed E-state index contributed by atoms with van der Waals surface area (Å²) in [5.74, 6) is 0. The Hall–Kier alpha value is -0.840. The summed E-state index contributed by atoms with van der Waals surface area (Å²) in [6, 6.07) is 10.6. The van der Waals surface area contributed by atoms with Crippen LogP contribution >= 0.6 is 23.8 Å². The van der Waals surface area contributed by atoms with E-state index >= 15 is 0 Å². The number of hydrogen-bond acceptors (Lipinski definition) is 2. The van der Waals surface area contributed by atoms with Crippen LogP contribution in [-0.4, -0.2) is 34.2 Å². The predicted molar refractivity (Wildman–Crippen MR) is 109 cm³/mol. The van der Waals surface area contributed by atoms with Crippen LogP contribution in [0.15, 0.2) is 24.3 Å². The van der Waals surface area contributed by atoms with Gasteiger partial charge in [-0.15, -0.1) is 0 Å². The first-order valence-electron chi connectivity index (χ1n) is 9.79. The molecule has 0 radical (unpaired) electrons. The molecule has 0 aromatic heterocycles. The number of benzene rings is 1. The predicted octanol–water partition coefficient (Wildman–Crippen LogP) is 4.95. The first kappa shape index (κ1) is 17.6. The van der Waals surface area contributed by atoms with Gasteiger partial charge in [-0.1, -0.05) is 30.9 Å². The van der Waals surface area contributed by atoms with Crippen molar-refractivity contribution in [2.45, 2.75) is 82.0 Å². The van der Waals surface area contributed by atoms with Crippen molar-refractivity contribution >= 4 is 34.6 Å². The van der Waals surface area contributed by atoms with Gasteiger partial charge in [0.25, 0.3) is 0 Å². The summed E-state index contributed by atoms with van der Waals surface area (Å²) in [6.07, 6.45) is 12.3. The minimum atomic E-state index is 0.500. The summed E-state index contributed by atoms with van der Waals surface area (Å²) < 4.78 is 0. The maximum atomic E-state index is 5.94.